The zero-order valence-corrected chi connectivity index (χ0v) is 17.6. The maximum atomic E-state index is 13.1. The third-order valence-corrected chi connectivity index (χ3v) is 4.82. The molecule has 164 valence electrons. The van der Waals surface area contributed by atoms with Gasteiger partial charge in [-0.3, -0.25) is 5.10 Å². The molecule has 3 aromatic rings. The molecule has 1 saturated heterocycles. The summed E-state index contributed by atoms with van der Waals surface area (Å²) in [6.45, 7) is 7.82. The number of hydrogen-bond donors (Lipinski definition) is 3. The van der Waals surface area contributed by atoms with Crippen molar-refractivity contribution in [1.82, 2.24) is 35.1 Å². The number of morpholine rings is 1. The first-order valence-corrected chi connectivity index (χ1v) is 10.2. The quantitative estimate of drug-likeness (QED) is 0.515. The van der Waals surface area contributed by atoms with Crippen LogP contribution in [0.3, 0.4) is 0 Å². The topological polar surface area (TPSA) is 130 Å². The van der Waals surface area contributed by atoms with Gasteiger partial charge in [0, 0.05) is 24.8 Å². The van der Waals surface area contributed by atoms with Crippen LogP contribution in [0.4, 0.5) is 28.1 Å². The summed E-state index contributed by atoms with van der Waals surface area (Å²) >= 11 is 0. The van der Waals surface area contributed by atoms with Crippen molar-refractivity contribution in [3.63, 3.8) is 0 Å². The molecular formula is C19H25FN10O. The van der Waals surface area contributed by atoms with Crippen LogP contribution in [0.15, 0.2) is 18.5 Å². The summed E-state index contributed by atoms with van der Waals surface area (Å²) in [4.78, 5) is 23.8. The molecule has 3 N–H and O–H groups in total. The Hall–Kier alpha value is -3.41. The first-order chi connectivity index (χ1) is 15.0. The molecule has 1 aliphatic heterocycles. The number of H-pyrrole nitrogens is 1. The SMILES string of the molecule is CCC1CN(c2nc(Nc3cc(C)[nH]n3)nc(NC(C)c3ncc(F)cn3)n2)CCO1. The van der Waals surface area contributed by atoms with Crippen molar-refractivity contribution in [2.45, 2.75) is 39.3 Å². The van der Waals surface area contributed by atoms with E-state index in [1.807, 2.05) is 19.9 Å². The fraction of sp³-hybridized carbons (Fsp3) is 0.474. The van der Waals surface area contributed by atoms with Crippen LogP contribution in [0.1, 0.15) is 37.8 Å². The standard InChI is InChI=1S/C19H25FN10O/c1-4-14-10-30(5-6-31-14)19-26-17(23-12(3)16-21-8-13(20)9-22-16)25-18(27-19)24-15-7-11(2)28-29-15/h7-9,12,14H,4-6,10H2,1-3H3,(H3,23,24,25,26,27,28,29). The minimum Gasteiger partial charge on any atom is -0.375 e. The molecule has 31 heavy (non-hydrogen) atoms. The number of anilines is 4. The van der Waals surface area contributed by atoms with Gasteiger partial charge in [-0.2, -0.15) is 20.1 Å². The van der Waals surface area contributed by atoms with Crippen LogP contribution in [0, 0.1) is 12.7 Å². The molecule has 11 nitrogen and oxygen atoms in total. The van der Waals surface area contributed by atoms with E-state index >= 15 is 0 Å². The van der Waals surface area contributed by atoms with Crippen LogP contribution >= 0.6 is 0 Å². The van der Waals surface area contributed by atoms with E-state index in [0.717, 1.165) is 24.5 Å². The van der Waals surface area contributed by atoms with Crippen LogP contribution in [0.25, 0.3) is 0 Å². The van der Waals surface area contributed by atoms with Gasteiger partial charge in [0.1, 0.15) is 5.82 Å². The summed E-state index contributed by atoms with van der Waals surface area (Å²) in [6, 6.07) is 1.51. The summed E-state index contributed by atoms with van der Waals surface area (Å²) in [7, 11) is 0. The highest BCUT2D eigenvalue weighted by Gasteiger charge is 2.23. The van der Waals surface area contributed by atoms with Gasteiger partial charge in [0.2, 0.25) is 17.8 Å². The summed E-state index contributed by atoms with van der Waals surface area (Å²) in [6.07, 6.45) is 3.29. The number of aromatic amines is 1. The third-order valence-electron chi connectivity index (χ3n) is 4.82. The molecule has 4 heterocycles. The van der Waals surface area contributed by atoms with Gasteiger partial charge in [0.05, 0.1) is 31.1 Å². The Morgan fingerprint density at radius 3 is 2.74 bits per heavy atom. The van der Waals surface area contributed by atoms with E-state index in [1.54, 1.807) is 0 Å². The molecule has 0 spiro atoms. The zero-order valence-electron chi connectivity index (χ0n) is 17.6. The predicted molar refractivity (Wildman–Crippen MR) is 113 cm³/mol. The molecule has 0 bridgehead atoms. The number of aromatic nitrogens is 7. The molecule has 0 aromatic carbocycles. The number of rotatable bonds is 7. The minimum absolute atomic E-state index is 0.124. The van der Waals surface area contributed by atoms with E-state index < -0.39 is 5.82 Å². The lowest BCUT2D eigenvalue weighted by atomic mass is 10.2. The van der Waals surface area contributed by atoms with Crippen LogP contribution < -0.4 is 15.5 Å². The molecule has 0 amide bonds. The monoisotopic (exact) mass is 428 g/mol. The Kier molecular flexibility index (Phi) is 6.16. The highest BCUT2D eigenvalue weighted by atomic mass is 19.1. The lowest BCUT2D eigenvalue weighted by Gasteiger charge is -2.32. The van der Waals surface area contributed by atoms with Crippen molar-refractivity contribution < 1.29 is 9.13 Å². The second-order valence-electron chi connectivity index (χ2n) is 7.32. The summed E-state index contributed by atoms with van der Waals surface area (Å²) in [5.74, 6) is 1.77. The molecule has 2 atom stereocenters. The Morgan fingerprint density at radius 2 is 2.03 bits per heavy atom. The highest BCUT2D eigenvalue weighted by Crippen LogP contribution is 2.22. The fourth-order valence-corrected chi connectivity index (χ4v) is 3.18. The maximum absolute atomic E-state index is 13.1. The van der Waals surface area contributed by atoms with E-state index in [0.29, 0.717) is 49.2 Å². The van der Waals surface area contributed by atoms with Gasteiger partial charge in [-0.15, -0.1) is 0 Å². The number of hydrogen-bond acceptors (Lipinski definition) is 10. The number of ether oxygens (including phenoxy) is 1. The van der Waals surface area contributed by atoms with Crippen LogP contribution in [0.5, 0.6) is 0 Å². The summed E-state index contributed by atoms with van der Waals surface area (Å²) in [5.41, 5.74) is 0.913. The second kappa shape index (κ2) is 9.16. The number of nitrogens with zero attached hydrogens (tertiary/aromatic N) is 7. The lowest BCUT2D eigenvalue weighted by Crippen LogP contribution is -2.43. The van der Waals surface area contributed by atoms with Crippen LogP contribution in [0.2, 0.25) is 0 Å². The van der Waals surface area contributed by atoms with Gasteiger partial charge in [0.25, 0.3) is 0 Å². The van der Waals surface area contributed by atoms with Crippen molar-refractivity contribution in [2.24, 2.45) is 0 Å². The Bertz CT molecular complexity index is 1010. The first-order valence-electron chi connectivity index (χ1n) is 10.2. The Morgan fingerprint density at radius 1 is 1.26 bits per heavy atom. The zero-order chi connectivity index (χ0) is 21.8. The Labute approximate surface area is 178 Å². The first kappa shape index (κ1) is 20.8. The lowest BCUT2D eigenvalue weighted by molar-refractivity contribution is 0.0379. The van der Waals surface area contributed by atoms with E-state index in [4.69, 9.17) is 4.74 Å². The highest BCUT2D eigenvalue weighted by molar-refractivity contribution is 5.52. The molecule has 4 rings (SSSR count). The van der Waals surface area contributed by atoms with Crippen molar-refractivity contribution in [3.8, 4) is 0 Å². The van der Waals surface area contributed by atoms with Crippen molar-refractivity contribution in [3.05, 3.63) is 35.8 Å². The maximum Gasteiger partial charge on any atom is 0.235 e. The normalized spacial score (nSPS) is 17.4. The number of aryl methyl sites for hydroxylation is 1. The average Bonchev–Trinajstić information content (AvgIpc) is 3.18. The summed E-state index contributed by atoms with van der Waals surface area (Å²) < 4.78 is 18.9. The van der Waals surface area contributed by atoms with Crippen LogP contribution in [-0.4, -0.2) is 60.9 Å². The minimum atomic E-state index is -0.489. The van der Waals surface area contributed by atoms with Gasteiger partial charge in [-0.25, -0.2) is 14.4 Å². The van der Waals surface area contributed by atoms with Gasteiger partial charge in [0.15, 0.2) is 11.6 Å². The largest absolute Gasteiger partial charge is 0.375 e. The molecule has 0 saturated carbocycles. The van der Waals surface area contributed by atoms with Gasteiger partial charge < -0.3 is 20.3 Å². The molecule has 2 unspecified atom stereocenters. The molecule has 0 radical (unpaired) electrons. The third kappa shape index (κ3) is 5.20. The molecule has 1 fully saturated rings. The molecule has 1 aliphatic rings. The summed E-state index contributed by atoms with van der Waals surface area (Å²) in [5, 5.41) is 13.3. The smallest absolute Gasteiger partial charge is 0.235 e. The number of halogens is 1. The molecular weight excluding hydrogens is 403 g/mol. The van der Waals surface area contributed by atoms with Crippen LogP contribution in [-0.2, 0) is 4.74 Å². The van der Waals surface area contributed by atoms with E-state index in [2.05, 4.69) is 57.6 Å². The van der Waals surface area contributed by atoms with Crippen molar-refractivity contribution in [1.29, 1.82) is 0 Å². The second-order valence-corrected chi connectivity index (χ2v) is 7.32. The van der Waals surface area contributed by atoms with Gasteiger partial charge >= 0.3 is 0 Å². The van der Waals surface area contributed by atoms with Crippen molar-refractivity contribution in [2.75, 3.05) is 35.2 Å². The Balaban J connectivity index is 1.61. The molecule has 3 aromatic heterocycles. The average molecular weight is 428 g/mol. The van der Waals surface area contributed by atoms with Gasteiger partial charge in [-0.05, 0) is 20.3 Å². The number of nitrogens with one attached hydrogen (secondary N) is 3. The molecule has 12 heteroatoms. The van der Waals surface area contributed by atoms with E-state index in [1.165, 1.54) is 0 Å². The van der Waals surface area contributed by atoms with Crippen molar-refractivity contribution >= 4 is 23.7 Å². The predicted octanol–water partition coefficient (Wildman–Crippen LogP) is 2.36. The van der Waals surface area contributed by atoms with E-state index in [9.17, 15) is 4.39 Å². The fourth-order valence-electron chi connectivity index (χ4n) is 3.18. The molecule has 0 aliphatic carbocycles. The van der Waals surface area contributed by atoms with Gasteiger partial charge in [-0.1, -0.05) is 6.92 Å². The van der Waals surface area contributed by atoms with E-state index in [-0.39, 0.29) is 12.1 Å².